The van der Waals surface area contributed by atoms with Crippen LogP contribution in [0.1, 0.15) is 47.5 Å². The molecule has 0 aromatic rings. The lowest BCUT2D eigenvalue weighted by Gasteiger charge is -2.39. The van der Waals surface area contributed by atoms with Crippen molar-refractivity contribution in [1.29, 1.82) is 0 Å². The summed E-state index contributed by atoms with van der Waals surface area (Å²) in [5.74, 6) is -0.0744. The van der Waals surface area contributed by atoms with Crippen molar-refractivity contribution in [3.05, 3.63) is 0 Å². The highest BCUT2D eigenvalue weighted by Gasteiger charge is 2.38. The summed E-state index contributed by atoms with van der Waals surface area (Å²) in [6, 6.07) is -0.930. The van der Waals surface area contributed by atoms with E-state index in [-0.39, 0.29) is 29.8 Å². The van der Waals surface area contributed by atoms with Crippen LogP contribution < -0.4 is 10.8 Å². The molecule has 0 unspecified atom stereocenters. The smallest absolute Gasteiger partial charge is 0.260 e. The number of carbonyl (C=O) groups is 3. The topological polar surface area (TPSA) is 91.0 Å². The zero-order valence-corrected chi connectivity index (χ0v) is 17.7. The van der Waals surface area contributed by atoms with Gasteiger partial charge in [-0.1, -0.05) is 34.6 Å². The van der Waals surface area contributed by atoms with Gasteiger partial charge in [-0.05, 0) is 30.7 Å². The number of amides is 3. The van der Waals surface area contributed by atoms with E-state index in [9.17, 15) is 14.4 Å². The molecule has 3 amide bonds. The first-order valence-electron chi connectivity index (χ1n) is 9.57. The number of carbonyl (C=O) groups excluding carboxylic acids is 3. The molecule has 27 heavy (non-hydrogen) atoms. The molecule has 156 valence electrons. The van der Waals surface area contributed by atoms with Crippen molar-refractivity contribution in [2.75, 3.05) is 27.2 Å². The van der Waals surface area contributed by atoms with Gasteiger partial charge in [-0.15, -0.1) is 0 Å². The summed E-state index contributed by atoms with van der Waals surface area (Å²) in [5, 5.41) is 2.67. The minimum atomic E-state index is -0.604. The van der Waals surface area contributed by atoms with Gasteiger partial charge in [-0.2, -0.15) is 0 Å². The monoisotopic (exact) mass is 384 g/mol. The number of rotatable bonds is 9. The van der Waals surface area contributed by atoms with Gasteiger partial charge in [0.05, 0.1) is 13.2 Å². The predicted molar refractivity (Wildman–Crippen MR) is 104 cm³/mol. The van der Waals surface area contributed by atoms with Gasteiger partial charge in [0.25, 0.3) is 5.91 Å². The van der Waals surface area contributed by atoms with Gasteiger partial charge in [0.2, 0.25) is 12.3 Å². The molecule has 3 atom stereocenters. The molecule has 1 aliphatic rings. The molecule has 1 fully saturated rings. The Balaban J connectivity index is 2.95. The van der Waals surface area contributed by atoms with E-state index in [1.54, 1.807) is 11.9 Å². The van der Waals surface area contributed by atoms with Crippen molar-refractivity contribution in [3.8, 4) is 0 Å². The van der Waals surface area contributed by atoms with Crippen LogP contribution in [-0.2, 0) is 19.2 Å². The second-order valence-electron chi connectivity index (χ2n) is 8.67. The SMILES string of the molecule is CONC(=O)[C@@H]1CCCN1C[C@H](C(C)C)N(C)C(=O)[C@@H](NC=O)C(C)(C)C. The molecular formula is C19H36N4O4. The minimum absolute atomic E-state index is 0.0771. The molecule has 0 bridgehead atoms. The first-order valence-corrected chi connectivity index (χ1v) is 9.57. The molecule has 1 heterocycles. The van der Waals surface area contributed by atoms with Gasteiger partial charge in [-0.3, -0.25) is 24.1 Å². The summed E-state index contributed by atoms with van der Waals surface area (Å²) in [7, 11) is 3.20. The predicted octanol–water partition coefficient (Wildman–Crippen LogP) is 0.772. The normalized spacial score (nSPS) is 20.2. The average Bonchev–Trinajstić information content (AvgIpc) is 3.03. The number of nitrogens with one attached hydrogen (secondary N) is 2. The van der Waals surface area contributed by atoms with E-state index in [0.29, 0.717) is 13.0 Å². The van der Waals surface area contributed by atoms with Crippen molar-refractivity contribution >= 4 is 18.2 Å². The van der Waals surface area contributed by atoms with Crippen LogP contribution in [0.3, 0.4) is 0 Å². The molecule has 1 saturated heterocycles. The third-order valence-corrected chi connectivity index (χ3v) is 5.25. The summed E-state index contributed by atoms with van der Waals surface area (Å²) in [5.41, 5.74) is 2.02. The Labute approximate surface area is 162 Å². The van der Waals surface area contributed by atoms with E-state index < -0.39 is 11.5 Å². The Morgan fingerprint density at radius 2 is 1.96 bits per heavy atom. The summed E-state index contributed by atoms with van der Waals surface area (Å²) in [4.78, 5) is 44.9. The summed E-state index contributed by atoms with van der Waals surface area (Å²) >= 11 is 0. The van der Waals surface area contributed by atoms with Crippen LogP contribution in [-0.4, -0.2) is 73.4 Å². The fourth-order valence-corrected chi connectivity index (χ4v) is 3.66. The molecular weight excluding hydrogens is 348 g/mol. The second-order valence-corrected chi connectivity index (χ2v) is 8.67. The molecule has 0 spiro atoms. The summed E-state index contributed by atoms with van der Waals surface area (Å²) in [6.07, 6.45) is 2.29. The van der Waals surface area contributed by atoms with Crippen LogP contribution in [0.25, 0.3) is 0 Å². The van der Waals surface area contributed by atoms with Crippen LogP contribution in [0.4, 0.5) is 0 Å². The van der Waals surface area contributed by atoms with Crippen molar-refractivity contribution in [3.63, 3.8) is 0 Å². The standard InChI is InChI=1S/C19H36N4O4/c1-13(2)15(11-23-10-8-9-14(23)17(25)21-27-7)22(6)18(26)16(20-12-24)19(3,4)5/h12-16H,8-11H2,1-7H3,(H,20,24)(H,21,25)/t14-,15+,16+/m0/s1. The van der Waals surface area contributed by atoms with Crippen molar-refractivity contribution in [1.82, 2.24) is 20.6 Å². The first kappa shape index (κ1) is 23.4. The summed E-state index contributed by atoms with van der Waals surface area (Å²) < 4.78 is 0. The second kappa shape index (κ2) is 10.0. The molecule has 0 aliphatic carbocycles. The molecule has 8 heteroatoms. The molecule has 0 radical (unpaired) electrons. The highest BCUT2D eigenvalue weighted by molar-refractivity contribution is 5.84. The lowest BCUT2D eigenvalue weighted by Crippen LogP contribution is -2.57. The Morgan fingerprint density at radius 1 is 1.33 bits per heavy atom. The first-order chi connectivity index (χ1) is 12.5. The zero-order valence-electron chi connectivity index (χ0n) is 17.7. The van der Waals surface area contributed by atoms with Gasteiger partial charge in [0.1, 0.15) is 6.04 Å². The van der Waals surface area contributed by atoms with Crippen molar-refractivity contribution in [2.24, 2.45) is 11.3 Å². The summed E-state index contributed by atoms with van der Waals surface area (Å²) in [6.45, 7) is 11.3. The van der Waals surface area contributed by atoms with Crippen LogP contribution >= 0.6 is 0 Å². The highest BCUT2D eigenvalue weighted by Crippen LogP contribution is 2.25. The Bertz CT molecular complexity index is 518. The molecule has 0 saturated carbocycles. The maximum absolute atomic E-state index is 13.1. The number of hydrogen-bond acceptors (Lipinski definition) is 5. The highest BCUT2D eigenvalue weighted by atomic mass is 16.6. The number of hydrogen-bond donors (Lipinski definition) is 2. The number of nitrogens with zero attached hydrogens (tertiary/aromatic N) is 2. The lowest BCUT2D eigenvalue weighted by atomic mass is 9.85. The molecule has 1 aliphatic heterocycles. The van der Waals surface area contributed by atoms with E-state index in [2.05, 4.69) is 29.5 Å². The largest absolute Gasteiger partial charge is 0.346 e. The van der Waals surface area contributed by atoms with E-state index in [1.807, 2.05) is 20.8 Å². The third kappa shape index (κ3) is 6.17. The Morgan fingerprint density at radius 3 is 2.44 bits per heavy atom. The average molecular weight is 385 g/mol. The third-order valence-electron chi connectivity index (χ3n) is 5.25. The van der Waals surface area contributed by atoms with Crippen molar-refractivity contribution < 1.29 is 19.2 Å². The van der Waals surface area contributed by atoms with E-state index in [4.69, 9.17) is 4.84 Å². The van der Waals surface area contributed by atoms with Crippen LogP contribution in [0, 0.1) is 11.3 Å². The number of likely N-dealkylation sites (N-methyl/N-ethyl adjacent to an activating group) is 1. The molecule has 1 rings (SSSR count). The van der Waals surface area contributed by atoms with Gasteiger partial charge in [0.15, 0.2) is 0 Å². The molecule has 8 nitrogen and oxygen atoms in total. The Kier molecular flexibility index (Phi) is 8.68. The Hall–Kier alpha value is -1.67. The molecule has 0 aromatic heterocycles. The molecule has 0 aromatic carbocycles. The molecule has 2 N–H and O–H groups in total. The number of likely N-dealkylation sites (tertiary alicyclic amines) is 1. The van der Waals surface area contributed by atoms with Gasteiger partial charge in [0, 0.05) is 19.6 Å². The van der Waals surface area contributed by atoms with Crippen LogP contribution in [0.15, 0.2) is 0 Å². The quantitative estimate of drug-likeness (QED) is 0.453. The minimum Gasteiger partial charge on any atom is -0.346 e. The zero-order chi connectivity index (χ0) is 20.8. The fourth-order valence-electron chi connectivity index (χ4n) is 3.66. The van der Waals surface area contributed by atoms with Crippen molar-refractivity contribution in [2.45, 2.75) is 65.6 Å². The maximum atomic E-state index is 13.1. The van der Waals surface area contributed by atoms with Crippen LogP contribution in [0.5, 0.6) is 0 Å². The van der Waals surface area contributed by atoms with E-state index in [1.165, 1.54) is 7.11 Å². The van der Waals surface area contributed by atoms with Crippen LogP contribution in [0.2, 0.25) is 0 Å². The fraction of sp³-hybridized carbons (Fsp3) is 0.842. The number of hydroxylamine groups is 1. The van der Waals surface area contributed by atoms with Gasteiger partial charge < -0.3 is 10.2 Å². The van der Waals surface area contributed by atoms with Gasteiger partial charge in [-0.25, -0.2) is 5.48 Å². The van der Waals surface area contributed by atoms with Gasteiger partial charge >= 0.3 is 0 Å². The lowest BCUT2D eigenvalue weighted by molar-refractivity contribution is -0.140. The van der Waals surface area contributed by atoms with E-state index in [0.717, 1.165) is 19.4 Å². The van der Waals surface area contributed by atoms with E-state index >= 15 is 0 Å². The maximum Gasteiger partial charge on any atom is 0.260 e.